The topological polar surface area (TPSA) is 113 Å². The number of ketones is 1. The number of sulfone groups is 1. The molecule has 1 aliphatic heterocycles. The number of benzene rings is 3. The van der Waals surface area contributed by atoms with Crippen molar-refractivity contribution in [2.75, 3.05) is 14.2 Å². The molecule has 0 aromatic heterocycles. The van der Waals surface area contributed by atoms with Gasteiger partial charge in [-0.25, -0.2) is 18.0 Å². The Hall–Kier alpha value is -4.47. The zero-order chi connectivity index (χ0) is 28.9. The first kappa shape index (κ1) is 28.5. The lowest BCUT2D eigenvalue weighted by Crippen LogP contribution is -2.18. The maximum absolute atomic E-state index is 13.7. The quantitative estimate of drug-likeness (QED) is 0.157. The maximum Gasteiger partial charge on any atom is 0.349 e. The van der Waals surface area contributed by atoms with Gasteiger partial charge in [0, 0.05) is 6.08 Å². The van der Waals surface area contributed by atoms with Crippen LogP contribution in [0.4, 0.5) is 0 Å². The van der Waals surface area contributed by atoms with Crippen molar-refractivity contribution in [2.24, 2.45) is 0 Å². The zero-order valence-corrected chi connectivity index (χ0v) is 22.9. The van der Waals surface area contributed by atoms with Crippen LogP contribution in [0, 0.1) is 0 Å². The number of Topliss-reactive ketones (excluding diaryl/α,β-unsaturated/α-hetero) is 1. The standard InChI is InChI=1S/C30H23ClO8S/c1-37-18-23(29(33)38-2)22-16-10-9-15-21(22)17-24(31)39-30(34)25-26(32)28(20-13-7-4-8-14-20)40(35,36)27(25)19-11-5-3-6-12-19/h3-18,28H,1-2H3. The van der Waals surface area contributed by atoms with Gasteiger partial charge in [0.2, 0.25) is 0 Å². The summed E-state index contributed by atoms with van der Waals surface area (Å²) in [6, 6.07) is 22.3. The number of carbonyl (C=O) groups excluding carboxylic acids is 3. The van der Waals surface area contributed by atoms with Gasteiger partial charge in [-0.2, -0.15) is 0 Å². The third-order valence-electron chi connectivity index (χ3n) is 6.00. The van der Waals surface area contributed by atoms with E-state index >= 15 is 0 Å². The molecule has 0 saturated heterocycles. The van der Waals surface area contributed by atoms with E-state index in [0.29, 0.717) is 11.1 Å². The molecule has 10 heteroatoms. The number of esters is 2. The Kier molecular flexibility index (Phi) is 8.67. The van der Waals surface area contributed by atoms with Gasteiger partial charge in [-0.3, -0.25) is 4.79 Å². The highest BCUT2D eigenvalue weighted by Gasteiger charge is 2.50. The molecule has 0 amide bonds. The van der Waals surface area contributed by atoms with Gasteiger partial charge < -0.3 is 14.2 Å². The minimum Gasteiger partial charge on any atom is -0.503 e. The van der Waals surface area contributed by atoms with E-state index in [0.717, 1.165) is 0 Å². The third-order valence-corrected chi connectivity index (χ3v) is 8.30. The second kappa shape index (κ2) is 12.1. The van der Waals surface area contributed by atoms with E-state index < -0.39 is 48.5 Å². The molecule has 1 unspecified atom stereocenters. The van der Waals surface area contributed by atoms with E-state index in [4.69, 9.17) is 25.8 Å². The molecule has 40 heavy (non-hydrogen) atoms. The van der Waals surface area contributed by atoms with E-state index in [1.165, 1.54) is 50.8 Å². The van der Waals surface area contributed by atoms with Crippen molar-refractivity contribution in [1.29, 1.82) is 0 Å². The fraction of sp³-hybridized carbons (Fsp3) is 0.100. The van der Waals surface area contributed by atoms with Gasteiger partial charge in [0.05, 0.1) is 25.4 Å². The average molecular weight is 579 g/mol. The van der Waals surface area contributed by atoms with Gasteiger partial charge in [-0.15, -0.1) is 0 Å². The van der Waals surface area contributed by atoms with Crippen LogP contribution in [0.15, 0.2) is 102 Å². The van der Waals surface area contributed by atoms with Crippen LogP contribution >= 0.6 is 11.6 Å². The molecular weight excluding hydrogens is 556 g/mol. The van der Waals surface area contributed by atoms with Crippen molar-refractivity contribution in [2.45, 2.75) is 5.25 Å². The SMILES string of the molecule is COC=C(C(=O)OC)c1ccccc1C=C(Cl)OC(=O)C1=C(c2ccccc2)S(=O)(=O)C(c2ccccc2)C1=O. The number of ether oxygens (including phenoxy) is 3. The molecule has 0 bridgehead atoms. The highest BCUT2D eigenvalue weighted by Crippen LogP contribution is 2.45. The summed E-state index contributed by atoms with van der Waals surface area (Å²) >= 11 is 6.29. The Morgan fingerprint density at radius 2 is 1.48 bits per heavy atom. The molecule has 0 radical (unpaired) electrons. The van der Waals surface area contributed by atoms with Crippen LogP contribution in [0.1, 0.15) is 27.5 Å². The Balaban J connectivity index is 1.77. The summed E-state index contributed by atoms with van der Waals surface area (Å²) in [6.07, 6.45) is 2.45. The molecule has 4 rings (SSSR count). The predicted octanol–water partition coefficient (Wildman–Crippen LogP) is 5.08. The molecule has 0 fully saturated rings. The highest BCUT2D eigenvalue weighted by molar-refractivity contribution is 8.02. The van der Waals surface area contributed by atoms with Crippen LogP contribution < -0.4 is 0 Å². The fourth-order valence-electron chi connectivity index (χ4n) is 4.30. The van der Waals surface area contributed by atoms with Gasteiger partial charge in [-0.1, -0.05) is 84.9 Å². The molecule has 0 spiro atoms. The first-order valence-electron chi connectivity index (χ1n) is 11.8. The fourth-order valence-corrected chi connectivity index (χ4v) is 6.57. The zero-order valence-electron chi connectivity index (χ0n) is 21.4. The number of halogens is 1. The molecule has 0 N–H and O–H groups in total. The minimum atomic E-state index is -4.31. The Labute approximate surface area is 236 Å². The summed E-state index contributed by atoms with van der Waals surface area (Å²) < 4.78 is 42.5. The summed E-state index contributed by atoms with van der Waals surface area (Å²) in [4.78, 5) is 38.8. The van der Waals surface area contributed by atoms with Crippen molar-refractivity contribution in [3.63, 3.8) is 0 Å². The average Bonchev–Trinajstić information content (AvgIpc) is 3.17. The maximum atomic E-state index is 13.7. The van der Waals surface area contributed by atoms with Crippen LogP contribution in [0.25, 0.3) is 16.6 Å². The van der Waals surface area contributed by atoms with Crippen LogP contribution in [-0.4, -0.2) is 40.4 Å². The minimum absolute atomic E-state index is 0.0736. The van der Waals surface area contributed by atoms with E-state index in [9.17, 15) is 22.8 Å². The molecule has 1 atom stereocenters. The number of carbonyl (C=O) groups is 3. The number of rotatable bonds is 8. The number of hydrogen-bond donors (Lipinski definition) is 0. The number of hydrogen-bond acceptors (Lipinski definition) is 8. The monoisotopic (exact) mass is 578 g/mol. The first-order valence-corrected chi connectivity index (χ1v) is 13.8. The summed E-state index contributed by atoms with van der Waals surface area (Å²) in [5.74, 6) is -2.83. The van der Waals surface area contributed by atoms with E-state index in [1.54, 1.807) is 60.7 Å². The van der Waals surface area contributed by atoms with Gasteiger partial charge in [0.1, 0.15) is 11.1 Å². The summed E-state index contributed by atoms with van der Waals surface area (Å²) in [5.41, 5.74) is 0.551. The van der Waals surface area contributed by atoms with Crippen LogP contribution in [0.2, 0.25) is 0 Å². The molecule has 8 nitrogen and oxygen atoms in total. The lowest BCUT2D eigenvalue weighted by Gasteiger charge is -2.10. The van der Waals surface area contributed by atoms with Crippen LogP contribution in [-0.2, 0) is 38.4 Å². The Morgan fingerprint density at radius 3 is 2.10 bits per heavy atom. The molecule has 1 aliphatic rings. The van der Waals surface area contributed by atoms with Crippen molar-refractivity contribution in [1.82, 2.24) is 0 Å². The Bertz CT molecular complexity index is 1660. The summed E-state index contributed by atoms with van der Waals surface area (Å²) in [7, 11) is -1.74. The first-order chi connectivity index (χ1) is 19.2. The second-order valence-electron chi connectivity index (χ2n) is 8.45. The lowest BCUT2D eigenvalue weighted by atomic mass is 10.0. The smallest absolute Gasteiger partial charge is 0.349 e. The van der Waals surface area contributed by atoms with Crippen LogP contribution in [0.3, 0.4) is 0 Å². The number of methoxy groups -OCH3 is 2. The van der Waals surface area contributed by atoms with E-state index in [2.05, 4.69) is 0 Å². The molecule has 0 saturated carbocycles. The third kappa shape index (κ3) is 5.61. The van der Waals surface area contributed by atoms with Gasteiger partial charge in [0.25, 0.3) is 0 Å². The second-order valence-corrected chi connectivity index (χ2v) is 10.8. The largest absolute Gasteiger partial charge is 0.503 e. The van der Waals surface area contributed by atoms with Gasteiger partial charge in [0.15, 0.2) is 26.1 Å². The van der Waals surface area contributed by atoms with Crippen molar-refractivity contribution in [3.8, 4) is 0 Å². The highest BCUT2D eigenvalue weighted by atomic mass is 35.5. The molecule has 3 aromatic carbocycles. The summed E-state index contributed by atoms with van der Waals surface area (Å²) in [5, 5.41) is -2.08. The lowest BCUT2D eigenvalue weighted by molar-refractivity contribution is -0.136. The predicted molar refractivity (Wildman–Crippen MR) is 150 cm³/mol. The van der Waals surface area contributed by atoms with Crippen molar-refractivity contribution in [3.05, 3.63) is 124 Å². The molecular formula is C30H23ClO8S. The molecule has 204 valence electrons. The van der Waals surface area contributed by atoms with Crippen molar-refractivity contribution < 1.29 is 37.0 Å². The molecule has 3 aromatic rings. The summed E-state index contributed by atoms with van der Waals surface area (Å²) in [6.45, 7) is 0. The van der Waals surface area contributed by atoms with E-state index in [1.807, 2.05) is 0 Å². The molecule has 0 aliphatic carbocycles. The molecule has 1 heterocycles. The Morgan fingerprint density at radius 1 is 0.875 bits per heavy atom. The van der Waals surface area contributed by atoms with E-state index in [-0.39, 0.29) is 16.7 Å². The van der Waals surface area contributed by atoms with Gasteiger partial charge >= 0.3 is 11.9 Å². The van der Waals surface area contributed by atoms with Crippen LogP contribution in [0.5, 0.6) is 0 Å². The normalized spacial score (nSPS) is 17.0. The van der Waals surface area contributed by atoms with Crippen molar-refractivity contribution >= 4 is 55.7 Å². The van der Waals surface area contributed by atoms with Gasteiger partial charge in [-0.05, 0) is 33.9 Å².